The highest BCUT2D eigenvalue weighted by Gasteiger charge is 2.30. The highest BCUT2D eigenvalue weighted by atomic mass is 79.9. The zero-order chi connectivity index (χ0) is 20.4. The maximum Gasteiger partial charge on any atom is 0.272 e. The highest BCUT2D eigenvalue weighted by molar-refractivity contribution is 9.10. The minimum absolute atomic E-state index is 0.129. The Morgan fingerprint density at radius 2 is 2.03 bits per heavy atom. The number of benzene rings is 2. The summed E-state index contributed by atoms with van der Waals surface area (Å²) < 4.78 is 0.917. The van der Waals surface area contributed by atoms with Crippen LogP contribution in [0.3, 0.4) is 0 Å². The van der Waals surface area contributed by atoms with Crippen LogP contribution in [-0.4, -0.2) is 35.1 Å². The predicted octanol–water partition coefficient (Wildman–Crippen LogP) is 3.47. The van der Waals surface area contributed by atoms with Gasteiger partial charge in [-0.15, -0.1) is 0 Å². The van der Waals surface area contributed by atoms with E-state index in [4.69, 9.17) is 0 Å². The Hall–Kier alpha value is -2.93. The van der Waals surface area contributed by atoms with Gasteiger partial charge in [-0.05, 0) is 42.2 Å². The fourth-order valence-corrected chi connectivity index (χ4v) is 3.94. The maximum atomic E-state index is 12.9. The van der Waals surface area contributed by atoms with Crippen molar-refractivity contribution < 1.29 is 9.59 Å². The van der Waals surface area contributed by atoms with Crippen molar-refractivity contribution in [1.82, 2.24) is 15.5 Å². The quantitative estimate of drug-likeness (QED) is 0.635. The van der Waals surface area contributed by atoms with Crippen molar-refractivity contribution in [2.24, 2.45) is 0 Å². The summed E-state index contributed by atoms with van der Waals surface area (Å²) in [6, 6.07) is 17.0. The van der Waals surface area contributed by atoms with Crippen molar-refractivity contribution in [3.8, 4) is 0 Å². The monoisotopic (exact) mass is 452 g/mol. The summed E-state index contributed by atoms with van der Waals surface area (Å²) in [5.74, 6) is -0.477. The van der Waals surface area contributed by atoms with Crippen LogP contribution in [0.25, 0.3) is 0 Å². The summed E-state index contributed by atoms with van der Waals surface area (Å²) >= 11 is 3.46. The second kappa shape index (κ2) is 8.21. The number of amides is 2. The Balaban J connectivity index is 1.45. The van der Waals surface area contributed by atoms with Gasteiger partial charge in [0.2, 0.25) is 5.91 Å². The summed E-state index contributed by atoms with van der Waals surface area (Å²) in [5.41, 5.74) is 4.23. The molecule has 6 nitrogen and oxygen atoms in total. The van der Waals surface area contributed by atoms with Crippen LogP contribution in [0, 0.1) is 0 Å². The molecule has 3 aromatic rings. The molecular formula is C22H21BrN4O2. The van der Waals surface area contributed by atoms with Gasteiger partial charge < -0.3 is 10.2 Å². The second-order valence-electron chi connectivity index (χ2n) is 7.18. The first-order valence-electron chi connectivity index (χ1n) is 9.46. The molecule has 0 saturated carbocycles. The zero-order valence-corrected chi connectivity index (χ0v) is 17.6. The summed E-state index contributed by atoms with van der Waals surface area (Å²) in [7, 11) is 1.74. The predicted molar refractivity (Wildman–Crippen MR) is 115 cm³/mol. The van der Waals surface area contributed by atoms with Gasteiger partial charge in [0.15, 0.2) is 0 Å². The molecule has 1 aromatic heterocycles. The van der Waals surface area contributed by atoms with Gasteiger partial charge in [0.05, 0.1) is 0 Å². The Bertz CT molecular complexity index is 1050. The Morgan fingerprint density at radius 1 is 1.24 bits per heavy atom. The van der Waals surface area contributed by atoms with Crippen molar-refractivity contribution in [2.75, 3.05) is 11.9 Å². The summed E-state index contributed by atoms with van der Waals surface area (Å²) in [4.78, 5) is 27.2. The molecule has 0 radical (unpaired) electrons. The van der Waals surface area contributed by atoms with E-state index in [1.54, 1.807) is 18.0 Å². The van der Waals surface area contributed by atoms with Gasteiger partial charge in [0.1, 0.15) is 11.7 Å². The average molecular weight is 453 g/mol. The topological polar surface area (TPSA) is 78.1 Å². The fourth-order valence-electron chi connectivity index (χ4n) is 3.59. The van der Waals surface area contributed by atoms with Gasteiger partial charge >= 0.3 is 0 Å². The number of rotatable bonds is 4. The van der Waals surface area contributed by atoms with Crippen LogP contribution in [0.1, 0.15) is 33.7 Å². The molecule has 0 fully saturated rings. The summed E-state index contributed by atoms with van der Waals surface area (Å²) in [5, 5.41) is 9.90. The van der Waals surface area contributed by atoms with E-state index >= 15 is 0 Å². The number of fused-ring (bicyclic) bond motifs is 1. The Morgan fingerprint density at radius 3 is 2.83 bits per heavy atom. The molecule has 1 aliphatic heterocycles. The minimum atomic E-state index is -0.590. The lowest BCUT2D eigenvalue weighted by Crippen LogP contribution is -2.46. The number of carbonyl (C=O) groups is 2. The van der Waals surface area contributed by atoms with E-state index in [1.807, 2.05) is 48.5 Å². The van der Waals surface area contributed by atoms with Crippen LogP contribution in [0.5, 0.6) is 0 Å². The van der Waals surface area contributed by atoms with Gasteiger partial charge in [0.25, 0.3) is 5.91 Å². The van der Waals surface area contributed by atoms with Gasteiger partial charge in [-0.25, -0.2) is 0 Å². The first-order chi connectivity index (χ1) is 14.0. The smallest absolute Gasteiger partial charge is 0.272 e. The molecule has 1 atom stereocenters. The van der Waals surface area contributed by atoms with Crippen LogP contribution >= 0.6 is 15.9 Å². The van der Waals surface area contributed by atoms with E-state index < -0.39 is 6.04 Å². The molecule has 2 aromatic carbocycles. The Labute approximate surface area is 177 Å². The molecule has 2 amide bonds. The first-order valence-corrected chi connectivity index (χ1v) is 10.3. The number of aromatic nitrogens is 2. The van der Waals surface area contributed by atoms with Gasteiger partial charge in [0, 0.05) is 29.3 Å². The number of hydrogen-bond donors (Lipinski definition) is 2. The van der Waals surface area contributed by atoms with E-state index in [0.29, 0.717) is 19.3 Å². The van der Waals surface area contributed by atoms with Crippen LogP contribution in [0.4, 0.5) is 5.69 Å². The number of nitrogens with zero attached hydrogens (tertiary/aromatic N) is 2. The third kappa shape index (κ3) is 4.24. The fraction of sp³-hybridized carbons (Fsp3) is 0.227. The number of halogens is 1. The van der Waals surface area contributed by atoms with E-state index in [0.717, 1.165) is 27.0 Å². The standard InChI is InChI=1S/C22H21BrN4O2/c1-27-20-12-16(23)9-7-15(20)8-10-18(22(27)29)24-21(28)19-13-17(25-26-19)11-14-5-3-2-4-6-14/h2-7,9,12-13,18H,8,10-11H2,1H3,(H,24,28)(H,25,26)/t18-/m0/s1. The largest absolute Gasteiger partial charge is 0.339 e. The van der Waals surface area contributed by atoms with Crippen molar-refractivity contribution >= 4 is 33.4 Å². The van der Waals surface area contributed by atoms with Crippen molar-refractivity contribution in [3.05, 3.63) is 81.6 Å². The molecule has 4 rings (SSSR count). The number of likely N-dealkylation sites (N-methyl/N-ethyl adjacent to an activating group) is 1. The second-order valence-corrected chi connectivity index (χ2v) is 8.09. The van der Waals surface area contributed by atoms with Crippen LogP contribution < -0.4 is 10.2 Å². The van der Waals surface area contributed by atoms with Gasteiger partial charge in [-0.3, -0.25) is 14.7 Å². The third-order valence-electron chi connectivity index (χ3n) is 5.15. The summed E-state index contributed by atoms with van der Waals surface area (Å²) in [6.07, 6.45) is 1.92. The molecule has 2 heterocycles. The van der Waals surface area contributed by atoms with E-state index in [2.05, 4.69) is 31.4 Å². The summed E-state index contributed by atoms with van der Waals surface area (Å²) in [6.45, 7) is 0. The molecule has 0 saturated heterocycles. The molecule has 2 N–H and O–H groups in total. The number of aryl methyl sites for hydroxylation is 1. The number of H-pyrrole nitrogens is 1. The third-order valence-corrected chi connectivity index (χ3v) is 5.64. The van der Waals surface area contributed by atoms with Gasteiger partial charge in [-0.2, -0.15) is 5.10 Å². The molecule has 7 heteroatoms. The van der Waals surface area contributed by atoms with Crippen LogP contribution in [-0.2, 0) is 17.6 Å². The lowest BCUT2D eigenvalue weighted by molar-refractivity contribution is -0.120. The molecule has 0 spiro atoms. The van der Waals surface area contributed by atoms with E-state index in [1.165, 1.54) is 0 Å². The minimum Gasteiger partial charge on any atom is -0.339 e. The highest BCUT2D eigenvalue weighted by Crippen LogP contribution is 2.29. The Kier molecular flexibility index (Phi) is 5.49. The lowest BCUT2D eigenvalue weighted by atomic mass is 10.1. The first kappa shape index (κ1) is 19.4. The van der Waals surface area contributed by atoms with E-state index in [9.17, 15) is 9.59 Å². The lowest BCUT2D eigenvalue weighted by Gasteiger charge is -2.22. The SMILES string of the molecule is CN1C(=O)[C@@H](NC(=O)c2cc(Cc3ccccc3)[nH]n2)CCc2ccc(Br)cc21. The number of anilines is 1. The zero-order valence-electron chi connectivity index (χ0n) is 16.0. The van der Waals surface area contributed by atoms with Crippen molar-refractivity contribution in [2.45, 2.75) is 25.3 Å². The molecule has 1 aliphatic rings. The van der Waals surface area contributed by atoms with Crippen LogP contribution in [0.15, 0.2) is 59.1 Å². The van der Waals surface area contributed by atoms with Gasteiger partial charge in [-0.1, -0.05) is 52.3 Å². The van der Waals surface area contributed by atoms with E-state index in [-0.39, 0.29) is 17.5 Å². The van der Waals surface area contributed by atoms with Crippen molar-refractivity contribution in [3.63, 3.8) is 0 Å². The van der Waals surface area contributed by atoms with Crippen molar-refractivity contribution in [1.29, 1.82) is 0 Å². The molecular weight excluding hydrogens is 432 g/mol. The van der Waals surface area contributed by atoms with Crippen LogP contribution in [0.2, 0.25) is 0 Å². The molecule has 148 valence electrons. The normalized spacial score (nSPS) is 16.3. The molecule has 0 aliphatic carbocycles. The number of aromatic amines is 1. The molecule has 0 unspecified atom stereocenters. The number of hydrogen-bond acceptors (Lipinski definition) is 3. The number of carbonyl (C=O) groups excluding carboxylic acids is 2. The molecule has 0 bridgehead atoms. The maximum absolute atomic E-state index is 12.9. The molecule has 29 heavy (non-hydrogen) atoms. The number of nitrogens with one attached hydrogen (secondary N) is 2. The average Bonchev–Trinajstić information content (AvgIpc) is 3.16.